The summed E-state index contributed by atoms with van der Waals surface area (Å²) >= 11 is 0. The number of carbonyl (C=O) groups is 1. The van der Waals surface area contributed by atoms with Crippen molar-refractivity contribution in [3.05, 3.63) is 0 Å². The van der Waals surface area contributed by atoms with Gasteiger partial charge >= 0.3 is 5.97 Å². The predicted molar refractivity (Wildman–Crippen MR) is 66.7 cm³/mol. The molecule has 2 fully saturated rings. The fourth-order valence-electron chi connectivity index (χ4n) is 2.43. The van der Waals surface area contributed by atoms with Crippen LogP contribution >= 0.6 is 0 Å². The van der Waals surface area contributed by atoms with Gasteiger partial charge in [-0.05, 0) is 44.7 Å². The lowest BCUT2D eigenvalue weighted by molar-refractivity contribution is -0.134. The van der Waals surface area contributed by atoms with Gasteiger partial charge in [-0.25, -0.2) is 8.42 Å². The fourth-order valence-corrected chi connectivity index (χ4v) is 4.01. The Bertz CT molecular complexity index is 399. The molecule has 2 N–H and O–H groups in total. The number of nitrogens with one attached hydrogen (secondary N) is 1. The van der Waals surface area contributed by atoms with Gasteiger partial charge in [0, 0.05) is 12.6 Å². The lowest BCUT2D eigenvalue weighted by Gasteiger charge is -2.29. The van der Waals surface area contributed by atoms with Crippen LogP contribution in [0, 0.1) is 5.92 Å². The Balaban J connectivity index is 2.01. The largest absolute Gasteiger partial charge is 0.480 e. The van der Waals surface area contributed by atoms with Crippen LogP contribution in [0.3, 0.4) is 0 Å². The molecule has 104 valence electrons. The molecule has 6 nitrogen and oxygen atoms in total. The van der Waals surface area contributed by atoms with Crippen LogP contribution < -0.4 is 5.32 Å². The van der Waals surface area contributed by atoms with Crippen LogP contribution in [0.2, 0.25) is 0 Å². The lowest BCUT2D eigenvalue weighted by Crippen LogP contribution is -2.43. The Hall–Kier alpha value is -0.660. The molecule has 7 heteroatoms. The summed E-state index contributed by atoms with van der Waals surface area (Å²) in [4.78, 5) is 10.6. The zero-order valence-electron chi connectivity index (χ0n) is 10.3. The number of carboxylic acid groups (broad SMARTS) is 1. The molecule has 2 aliphatic rings. The standard InChI is InChI=1S/C11H20N2O4S/c14-11(15)8-18(16,17)13(10-3-4-10)7-9-2-1-5-12-6-9/h9-10,12H,1-8H2,(H,14,15). The van der Waals surface area contributed by atoms with Crippen molar-refractivity contribution in [2.45, 2.75) is 31.7 Å². The van der Waals surface area contributed by atoms with Gasteiger partial charge in [0.2, 0.25) is 10.0 Å². The van der Waals surface area contributed by atoms with Gasteiger partial charge < -0.3 is 10.4 Å². The highest BCUT2D eigenvalue weighted by Gasteiger charge is 2.39. The van der Waals surface area contributed by atoms with Crippen LogP contribution in [0.25, 0.3) is 0 Å². The molecule has 0 aromatic rings. The molecule has 1 aliphatic carbocycles. The minimum absolute atomic E-state index is 0.0382. The average Bonchev–Trinajstić information content (AvgIpc) is 3.09. The summed E-state index contributed by atoms with van der Waals surface area (Å²) in [5.41, 5.74) is 0. The number of rotatable bonds is 6. The zero-order valence-corrected chi connectivity index (χ0v) is 11.2. The molecule has 0 bridgehead atoms. The second kappa shape index (κ2) is 5.54. The van der Waals surface area contributed by atoms with Gasteiger partial charge in [-0.1, -0.05) is 0 Å². The molecule has 0 spiro atoms. The Kier molecular flexibility index (Phi) is 4.24. The first-order valence-electron chi connectivity index (χ1n) is 6.41. The first-order chi connectivity index (χ1) is 8.49. The van der Waals surface area contributed by atoms with Gasteiger partial charge in [0.15, 0.2) is 5.75 Å². The van der Waals surface area contributed by atoms with Crippen molar-refractivity contribution in [2.24, 2.45) is 5.92 Å². The number of aliphatic carboxylic acids is 1. The van der Waals surface area contributed by atoms with Gasteiger partial charge in [-0.3, -0.25) is 4.79 Å². The normalized spacial score (nSPS) is 25.3. The number of carboxylic acids is 1. The molecular weight excluding hydrogens is 256 g/mol. The van der Waals surface area contributed by atoms with Crippen molar-refractivity contribution >= 4 is 16.0 Å². The molecule has 0 aromatic heterocycles. The highest BCUT2D eigenvalue weighted by molar-refractivity contribution is 7.89. The van der Waals surface area contributed by atoms with Crippen LogP contribution in [0.4, 0.5) is 0 Å². The van der Waals surface area contributed by atoms with E-state index >= 15 is 0 Å². The van der Waals surface area contributed by atoms with Crippen molar-refractivity contribution in [2.75, 3.05) is 25.4 Å². The topological polar surface area (TPSA) is 86.7 Å². The molecule has 1 heterocycles. The maximum Gasteiger partial charge on any atom is 0.320 e. The molecule has 2 rings (SSSR count). The van der Waals surface area contributed by atoms with Crippen molar-refractivity contribution in [3.8, 4) is 0 Å². The summed E-state index contributed by atoms with van der Waals surface area (Å²) in [7, 11) is -3.65. The monoisotopic (exact) mass is 276 g/mol. The summed E-state index contributed by atoms with van der Waals surface area (Å²) in [5, 5.41) is 11.9. The van der Waals surface area contributed by atoms with Crippen LogP contribution in [0.1, 0.15) is 25.7 Å². The third-order valence-electron chi connectivity index (χ3n) is 3.45. The van der Waals surface area contributed by atoms with E-state index < -0.39 is 21.7 Å². The van der Waals surface area contributed by atoms with Crippen LogP contribution in [-0.2, 0) is 14.8 Å². The van der Waals surface area contributed by atoms with Crippen LogP contribution in [0.15, 0.2) is 0 Å². The van der Waals surface area contributed by atoms with Crippen molar-refractivity contribution in [1.82, 2.24) is 9.62 Å². The Labute approximate surface area is 107 Å². The molecule has 1 aliphatic heterocycles. The summed E-state index contributed by atoms with van der Waals surface area (Å²) < 4.78 is 25.5. The van der Waals surface area contributed by atoms with E-state index in [1.165, 1.54) is 4.31 Å². The molecule has 0 aromatic carbocycles. The second-order valence-electron chi connectivity index (χ2n) is 5.16. The molecule has 0 radical (unpaired) electrons. The highest BCUT2D eigenvalue weighted by Crippen LogP contribution is 2.31. The summed E-state index contributed by atoms with van der Waals surface area (Å²) in [6.45, 7) is 2.28. The smallest absolute Gasteiger partial charge is 0.320 e. The molecule has 1 unspecified atom stereocenters. The maximum atomic E-state index is 12.0. The highest BCUT2D eigenvalue weighted by atomic mass is 32.2. The predicted octanol–water partition coefficient (Wildman–Crippen LogP) is -0.135. The van der Waals surface area contributed by atoms with E-state index in [4.69, 9.17) is 5.11 Å². The molecule has 1 saturated carbocycles. The molecule has 1 atom stereocenters. The van der Waals surface area contributed by atoms with E-state index in [0.29, 0.717) is 12.5 Å². The number of piperidine rings is 1. The Morgan fingerprint density at radius 2 is 2.06 bits per heavy atom. The van der Waals surface area contributed by atoms with Gasteiger partial charge in [0.1, 0.15) is 0 Å². The van der Waals surface area contributed by atoms with Crippen molar-refractivity contribution in [3.63, 3.8) is 0 Å². The first-order valence-corrected chi connectivity index (χ1v) is 8.02. The van der Waals surface area contributed by atoms with Crippen molar-refractivity contribution in [1.29, 1.82) is 0 Å². The summed E-state index contributed by atoms with van der Waals surface area (Å²) in [6.07, 6.45) is 3.79. The fraction of sp³-hybridized carbons (Fsp3) is 0.909. The van der Waals surface area contributed by atoms with Crippen LogP contribution in [0.5, 0.6) is 0 Å². The Morgan fingerprint density at radius 1 is 1.33 bits per heavy atom. The SMILES string of the molecule is O=C(O)CS(=O)(=O)N(CC1CCCNC1)C1CC1. The zero-order chi connectivity index (χ0) is 13.2. The van der Waals surface area contributed by atoms with Gasteiger partial charge in [0.05, 0.1) is 0 Å². The number of hydrogen-bond donors (Lipinski definition) is 2. The minimum atomic E-state index is -3.65. The minimum Gasteiger partial charge on any atom is -0.480 e. The van der Waals surface area contributed by atoms with Crippen molar-refractivity contribution < 1.29 is 18.3 Å². The first kappa shape index (κ1) is 13.8. The third kappa shape index (κ3) is 3.66. The molecule has 1 saturated heterocycles. The average molecular weight is 276 g/mol. The molecular formula is C11H20N2O4S. The summed E-state index contributed by atoms with van der Waals surface area (Å²) in [5.74, 6) is -1.76. The molecule has 18 heavy (non-hydrogen) atoms. The van der Waals surface area contributed by atoms with Crippen LogP contribution in [-0.4, -0.2) is 55.2 Å². The summed E-state index contributed by atoms with van der Waals surface area (Å²) in [6, 6.07) is 0.0382. The third-order valence-corrected chi connectivity index (χ3v) is 5.23. The van der Waals surface area contributed by atoms with E-state index in [-0.39, 0.29) is 6.04 Å². The van der Waals surface area contributed by atoms with E-state index in [1.54, 1.807) is 0 Å². The molecule has 0 amide bonds. The maximum absolute atomic E-state index is 12.0. The number of nitrogens with zero attached hydrogens (tertiary/aromatic N) is 1. The van der Waals surface area contributed by atoms with Gasteiger partial charge in [-0.15, -0.1) is 0 Å². The number of sulfonamides is 1. The Morgan fingerprint density at radius 3 is 2.56 bits per heavy atom. The van der Waals surface area contributed by atoms with E-state index in [0.717, 1.165) is 38.8 Å². The number of hydrogen-bond acceptors (Lipinski definition) is 4. The van der Waals surface area contributed by atoms with E-state index in [1.807, 2.05) is 0 Å². The quantitative estimate of drug-likeness (QED) is 0.705. The van der Waals surface area contributed by atoms with Gasteiger partial charge in [0.25, 0.3) is 0 Å². The lowest BCUT2D eigenvalue weighted by atomic mass is 10.00. The van der Waals surface area contributed by atoms with E-state index in [9.17, 15) is 13.2 Å². The second-order valence-corrected chi connectivity index (χ2v) is 7.08. The van der Waals surface area contributed by atoms with E-state index in [2.05, 4.69) is 5.32 Å². The van der Waals surface area contributed by atoms with Gasteiger partial charge in [-0.2, -0.15) is 4.31 Å².